The van der Waals surface area contributed by atoms with E-state index in [0.717, 1.165) is 6.42 Å². The minimum atomic E-state index is -3.71. The lowest BCUT2D eigenvalue weighted by Gasteiger charge is -2.37. The fraction of sp³-hybridized carbons (Fsp3) is 0.429. The minimum absolute atomic E-state index is 0.155. The molecule has 2 heterocycles. The summed E-state index contributed by atoms with van der Waals surface area (Å²) in [5, 5.41) is 9.42. The number of sulfonamides is 1. The van der Waals surface area contributed by atoms with Gasteiger partial charge in [0.15, 0.2) is 5.84 Å². The second-order valence-electron chi connectivity index (χ2n) is 5.56. The lowest BCUT2D eigenvalue weighted by molar-refractivity contribution is -0.143. The molecule has 112 valence electrons. The third-order valence-electron chi connectivity index (χ3n) is 4.03. The number of hydrogen-bond acceptors (Lipinski definition) is 4. The van der Waals surface area contributed by atoms with Crippen LogP contribution in [0.2, 0.25) is 0 Å². The summed E-state index contributed by atoms with van der Waals surface area (Å²) in [5.74, 6) is -0.368. The fourth-order valence-corrected chi connectivity index (χ4v) is 4.14. The van der Waals surface area contributed by atoms with Crippen LogP contribution in [0.5, 0.6) is 0 Å². The van der Waals surface area contributed by atoms with Crippen molar-refractivity contribution >= 4 is 21.8 Å². The number of hydrogen-bond donors (Lipinski definition) is 1. The van der Waals surface area contributed by atoms with Gasteiger partial charge in [0, 0.05) is 12.1 Å². The van der Waals surface area contributed by atoms with E-state index in [0.29, 0.717) is 24.4 Å². The summed E-state index contributed by atoms with van der Waals surface area (Å²) < 4.78 is 28.0. The Bertz CT molecular complexity index is 726. The number of fused-ring (bicyclic) bond motifs is 1. The number of carboxylic acid groups (broad SMARTS) is 1. The molecule has 1 saturated heterocycles. The molecule has 2 unspecified atom stereocenters. The number of amidine groups is 1. The van der Waals surface area contributed by atoms with Gasteiger partial charge in [-0.3, -0.25) is 0 Å². The molecule has 0 bridgehead atoms. The SMILES string of the molecule is CC1CCN(C2=NS(=O)(=O)c3ccccc32)C(C(=O)O)C1. The molecular formula is C14H16N2O4S. The van der Waals surface area contributed by atoms with E-state index in [-0.39, 0.29) is 10.7 Å². The second kappa shape index (κ2) is 4.84. The molecule has 2 atom stereocenters. The van der Waals surface area contributed by atoms with Crippen LogP contribution < -0.4 is 0 Å². The van der Waals surface area contributed by atoms with Crippen molar-refractivity contribution in [2.24, 2.45) is 10.3 Å². The Kier molecular flexibility index (Phi) is 3.24. The zero-order valence-corrected chi connectivity index (χ0v) is 12.4. The highest BCUT2D eigenvalue weighted by atomic mass is 32.2. The van der Waals surface area contributed by atoms with Gasteiger partial charge < -0.3 is 10.0 Å². The summed E-state index contributed by atoms with van der Waals surface area (Å²) in [6, 6.07) is 5.83. The van der Waals surface area contributed by atoms with Gasteiger partial charge in [-0.2, -0.15) is 8.42 Å². The lowest BCUT2D eigenvalue weighted by Crippen LogP contribution is -2.49. The van der Waals surface area contributed by atoms with E-state index < -0.39 is 22.0 Å². The molecular weight excluding hydrogens is 292 g/mol. The van der Waals surface area contributed by atoms with Crippen LogP contribution in [-0.4, -0.2) is 42.8 Å². The molecule has 21 heavy (non-hydrogen) atoms. The topological polar surface area (TPSA) is 87.0 Å². The van der Waals surface area contributed by atoms with Crippen LogP contribution in [0.4, 0.5) is 0 Å². The molecule has 1 N–H and O–H groups in total. The van der Waals surface area contributed by atoms with Crippen molar-refractivity contribution in [3.05, 3.63) is 29.8 Å². The molecule has 1 fully saturated rings. The number of likely N-dealkylation sites (tertiary alicyclic amines) is 1. The first-order chi connectivity index (χ1) is 9.90. The first-order valence-electron chi connectivity index (χ1n) is 6.84. The van der Waals surface area contributed by atoms with Crippen LogP contribution in [0.3, 0.4) is 0 Å². The highest BCUT2D eigenvalue weighted by molar-refractivity contribution is 7.90. The summed E-state index contributed by atoms with van der Waals surface area (Å²) in [5.41, 5.74) is 0.498. The van der Waals surface area contributed by atoms with Crippen molar-refractivity contribution in [3.63, 3.8) is 0 Å². The highest BCUT2D eigenvalue weighted by Gasteiger charge is 2.39. The maximum absolute atomic E-state index is 12.1. The van der Waals surface area contributed by atoms with Crippen molar-refractivity contribution in [1.29, 1.82) is 0 Å². The van der Waals surface area contributed by atoms with Gasteiger partial charge in [-0.05, 0) is 30.9 Å². The average Bonchev–Trinajstić information content (AvgIpc) is 2.71. The molecule has 6 nitrogen and oxygen atoms in total. The summed E-state index contributed by atoms with van der Waals surface area (Å²) in [6.07, 6.45) is 1.32. The molecule has 2 aliphatic heterocycles. The quantitative estimate of drug-likeness (QED) is 0.845. The van der Waals surface area contributed by atoms with Crippen molar-refractivity contribution in [1.82, 2.24) is 4.90 Å². The van der Waals surface area contributed by atoms with Gasteiger partial charge in [-0.15, -0.1) is 4.40 Å². The summed E-state index contributed by atoms with van der Waals surface area (Å²) in [6.45, 7) is 2.51. The highest BCUT2D eigenvalue weighted by Crippen LogP contribution is 2.31. The van der Waals surface area contributed by atoms with Gasteiger partial charge in [-0.25, -0.2) is 4.79 Å². The van der Waals surface area contributed by atoms with E-state index in [1.54, 1.807) is 23.1 Å². The van der Waals surface area contributed by atoms with E-state index in [2.05, 4.69) is 4.40 Å². The molecule has 2 aliphatic rings. The van der Waals surface area contributed by atoms with Crippen LogP contribution in [0.1, 0.15) is 25.3 Å². The first kappa shape index (κ1) is 14.1. The molecule has 1 aromatic rings. The Balaban J connectivity index is 2.06. The van der Waals surface area contributed by atoms with Crippen LogP contribution in [0.25, 0.3) is 0 Å². The van der Waals surface area contributed by atoms with Crippen LogP contribution in [0, 0.1) is 5.92 Å². The predicted octanol–water partition coefficient (Wildman–Crippen LogP) is 1.32. The third kappa shape index (κ3) is 2.31. The number of benzene rings is 1. The molecule has 0 spiro atoms. The van der Waals surface area contributed by atoms with Crippen molar-refractivity contribution < 1.29 is 18.3 Å². The van der Waals surface area contributed by atoms with E-state index >= 15 is 0 Å². The number of nitrogens with zero attached hydrogens (tertiary/aromatic N) is 2. The predicted molar refractivity (Wildman–Crippen MR) is 76.7 cm³/mol. The van der Waals surface area contributed by atoms with E-state index in [1.807, 2.05) is 6.92 Å². The van der Waals surface area contributed by atoms with Gasteiger partial charge in [-0.1, -0.05) is 19.1 Å². The smallest absolute Gasteiger partial charge is 0.326 e. The van der Waals surface area contributed by atoms with E-state index in [4.69, 9.17) is 0 Å². The molecule has 0 radical (unpaired) electrons. The Morgan fingerprint density at radius 1 is 1.38 bits per heavy atom. The normalized spacial score (nSPS) is 27.1. The Hall–Kier alpha value is -1.89. The average molecular weight is 308 g/mol. The zero-order chi connectivity index (χ0) is 15.2. The number of carbonyl (C=O) groups is 1. The second-order valence-corrected chi connectivity index (χ2v) is 7.14. The monoisotopic (exact) mass is 308 g/mol. The first-order valence-corrected chi connectivity index (χ1v) is 8.28. The fourth-order valence-electron chi connectivity index (χ4n) is 2.92. The zero-order valence-electron chi connectivity index (χ0n) is 11.6. The number of rotatable bonds is 1. The van der Waals surface area contributed by atoms with E-state index in [9.17, 15) is 18.3 Å². The molecule has 0 aliphatic carbocycles. The minimum Gasteiger partial charge on any atom is -0.480 e. The van der Waals surface area contributed by atoms with Gasteiger partial charge >= 0.3 is 5.97 Å². The number of carboxylic acids is 1. The molecule has 3 rings (SSSR count). The standard InChI is InChI=1S/C14H16N2O4S/c1-9-6-7-16(11(8-9)14(17)18)13-10-4-2-3-5-12(10)21(19,20)15-13/h2-5,9,11H,6-8H2,1H3,(H,17,18). The van der Waals surface area contributed by atoms with Crippen LogP contribution in [0.15, 0.2) is 33.6 Å². The lowest BCUT2D eigenvalue weighted by atomic mass is 9.91. The Morgan fingerprint density at radius 2 is 2.10 bits per heavy atom. The maximum atomic E-state index is 12.1. The molecule has 7 heteroatoms. The number of piperidine rings is 1. The van der Waals surface area contributed by atoms with E-state index in [1.165, 1.54) is 6.07 Å². The van der Waals surface area contributed by atoms with Gasteiger partial charge in [0.1, 0.15) is 10.9 Å². The molecule has 0 saturated carbocycles. The summed E-state index contributed by atoms with van der Waals surface area (Å²) >= 11 is 0. The summed E-state index contributed by atoms with van der Waals surface area (Å²) in [7, 11) is -3.71. The number of aliphatic carboxylic acids is 1. The van der Waals surface area contributed by atoms with Gasteiger partial charge in [0.2, 0.25) is 0 Å². The van der Waals surface area contributed by atoms with Gasteiger partial charge in [0.25, 0.3) is 10.0 Å². The Morgan fingerprint density at radius 3 is 2.81 bits per heavy atom. The Labute approximate surface area is 123 Å². The maximum Gasteiger partial charge on any atom is 0.326 e. The third-order valence-corrected chi connectivity index (χ3v) is 5.36. The summed E-state index contributed by atoms with van der Waals surface area (Å²) in [4.78, 5) is 13.3. The van der Waals surface area contributed by atoms with Gasteiger partial charge in [0.05, 0.1) is 0 Å². The molecule has 0 amide bonds. The molecule has 1 aromatic carbocycles. The molecule has 0 aromatic heterocycles. The van der Waals surface area contributed by atoms with Crippen LogP contribution in [-0.2, 0) is 14.8 Å². The van der Waals surface area contributed by atoms with Crippen LogP contribution >= 0.6 is 0 Å². The van der Waals surface area contributed by atoms with Crippen molar-refractivity contribution in [3.8, 4) is 0 Å². The largest absolute Gasteiger partial charge is 0.480 e. The van der Waals surface area contributed by atoms with Crippen molar-refractivity contribution in [2.45, 2.75) is 30.7 Å². The van der Waals surface area contributed by atoms with Crippen molar-refractivity contribution in [2.75, 3.05) is 6.54 Å².